The van der Waals surface area contributed by atoms with Crippen LogP contribution in [0.15, 0.2) is 24.3 Å². The van der Waals surface area contributed by atoms with Gasteiger partial charge in [0.25, 0.3) is 5.91 Å². The molecule has 150 valence electrons. The molecule has 3 aliphatic rings. The summed E-state index contributed by atoms with van der Waals surface area (Å²) >= 11 is 0. The van der Waals surface area contributed by atoms with E-state index in [0.29, 0.717) is 18.7 Å². The number of carbonyl (C=O) groups excluding carboxylic acids is 3. The lowest BCUT2D eigenvalue weighted by molar-refractivity contribution is -0.131. The van der Waals surface area contributed by atoms with E-state index in [0.717, 1.165) is 38.0 Å². The van der Waals surface area contributed by atoms with Crippen molar-refractivity contribution in [2.75, 3.05) is 43.5 Å². The summed E-state index contributed by atoms with van der Waals surface area (Å²) in [4.78, 5) is 45.3. The fourth-order valence-corrected chi connectivity index (χ4v) is 4.65. The van der Waals surface area contributed by atoms with Crippen LogP contribution < -0.4 is 9.80 Å². The smallest absolute Gasteiger partial charge is 0.251 e. The summed E-state index contributed by atoms with van der Waals surface area (Å²) in [5, 5.41) is 0. The predicted octanol–water partition coefficient (Wildman–Crippen LogP) is 1.47. The lowest BCUT2D eigenvalue weighted by Crippen LogP contribution is -2.53. The van der Waals surface area contributed by atoms with Gasteiger partial charge in [-0.3, -0.25) is 19.3 Å². The molecule has 3 aliphatic heterocycles. The average molecular weight is 384 g/mol. The fraction of sp³-hybridized carbons (Fsp3) is 0.571. The molecule has 3 amide bonds. The minimum absolute atomic E-state index is 0.143. The van der Waals surface area contributed by atoms with Gasteiger partial charge in [0.1, 0.15) is 0 Å². The number of anilines is 2. The number of hydrogen-bond acceptors (Lipinski definition) is 5. The number of amides is 3. The maximum Gasteiger partial charge on any atom is 0.251 e. The van der Waals surface area contributed by atoms with Gasteiger partial charge in [-0.15, -0.1) is 0 Å². The largest absolute Gasteiger partial charge is 0.378 e. The Balaban J connectivity index is 1.48. The molecule has 2 atom stereocenters. The van der Waals surface area contributed by atoms with Crippen LogP contribution in [0.2, 0.25) is 0 Å². The van der Waals surface area contributed by atoms with E-state index in [1.54, 1.807) is 0 Å². The van der Waals surface area contributed by atoms with E-state index in [9.17, 15) is 14.4 Å². The molecule has 0 aliphatic carbocycles. The van der Waals surface area contributed by atoms with Crippen LogP contribution in [-0.4, -0.2) is 73.3 Å². The van der Waals surface area contributed by atoms with E-state index in [-0.39, 0.29) is 30.2 Å². The molecule has 3 heterocycles. The van der Waals surface area contributed by atoms with Crippen molar-refractivity contribution in [1.82, 2.24) is 9.80 Å². The number of imide groups is 1. The number of rotatable bonds is 4. The molecule has 0 N–H and O–H groups in total. The predicted molar refractivity (Wildman–Crippen MR) is 107 cm³/mol. The Bertz CT molecular complexity index is 776. The molecule has 0 spiro atoms. The number of nitrogens with zero attached hydrogens (tertiary/aromatic N) is 4. The Morgan fingerprint density at radius 1 is 0.964 bits per heavy atom. The molecule has 7 nitrogen and oxygen atoms in total. The summed E-state index contributed by atoms with van der Waals surface area (Å²) in [7, 11) is 3.91. The van der Waals surface area contributed by atoms with Crippen LogP contribution in [0.3, 0.4) is 0 Å². The minimum Gasteiger partial charge on any atom is -0.378 e. The molecule has 0 unspecified atom stereocenters. The summed E-state index contributed by atoms with van der Waals surface area (Å²) in [6.07, 6.45) is 3.70. The van der Waals surface area contributed by atoms with E-state index < -0.39 is 6.04 Å². The second kappa shape index (κ2) is 7.54. The standard InChI is InChI=1S/C21H28N4O3/c1-22(2)15-7-9-16(10-8-15)25-20(27)13-18(21(25)28)23-11-3-5-17(14-23)24-12-4-6-19(24)26/h7-10,17-18H,3-6,11-14H2,1-2H3/t17-,18+/m1/s1. The molecular formula is C21H28N4O3. The number of benzene rings is 1. The molecule has 7 heteroatoms. The van der Waals surface area contributed by atoms with Gasteiger partial charge >= 0.3 is 0 Å². The zero-order chi connectivity index (χ0) is 19.8. The highest BCUT2D eigenvalue weighted by Gasteiger charge is 2.44. The summed E-state index contributed by atoms with van der Waals surface area (Å²) in [5.74, 6) is -0.0636. The average Bonchev–Trinajstić information content (AvgIpc) is 3.24. The van der Waals surface area contributed by atoms with E-state index >= 15 is 0 Å². The van der Waals surface area contributed by atoms with Gasteiger partial charge in [-0.2, -0.15) is 0 Å². The van der Waals surface area contributed by atoms with Gasteiger partial charge < -0.3 is 9.80 Å². The van der Waals surface area contributed by atoms with Crippen molar-refractivity contribution in [3.05, 3.63) is 24.3 Å². The van der Waals surface area contributed by atoms with Crippen molar-refractivity contribution in [2.45, 2.75) is 44.2 Å². The third-order valence-electron chi connectivity index (χ3n) is 6.17. The van der Waals surface area contributed by atoms with Crippen molar-refractivity contribution in [3.63, 3.8) is 0 Å². The SMILES string of the molecule is CN(C)c1ccc(N2C(=O)C[C@H](N3CCC[C@@H](N4CCCC4=O)C3)C2=O)cc1. The summed E-state index contributed by atoms with van der Waals surface area (Å²) < 4.78 is 0. The first-order chi connectivity index (χ1) is 13.5. The number of hydrogen-bond donors (Lipinski definition) is 0. The first-order valence-electron chi connectivity index (χ1n) is 10.1. The van der Waals surface area contributed by atoms with E-state index in [4.69, 9.17) is 0 Å². The lowest BCUT2D eigenvalue weighted by Gasteiger charge is -2.39. The van der Waals surface area contributed by atoms with Crippen LogP contribution in [-0.2, 0) is 14.4 Å². The number of carbonyl (C=O) groups is 3. The third-order valence-corrected chi connectivity index (χ3v) is 6.17. The molecule has 0 radical (unpaired) electrons. The summed E-state index contributed by atoms with van der Waals surface area (Å²) in [6, 6.07) is 7.24. The maximum absolute atomic E-state index is 13.1. The monoisotopic (exact) mass is 384 g/mol. The maximum atomic E-state index is 13.1. The van der Waals surface area contributed by atoms with Crippen molar-refractivity contribution < 1.29 is 14.4 Å². The third kappa shape index (κ3) is 3.39. The summed E-state index contributed by atoms with van der Waals surface area (Å²) in [6.45, 7) is 2.30. The van der Waals surface area contributed by atoms with Gasteiger partial charge in [0.2, 0.25) is 11.8 Å². The van der Waals surface area contributed by atoms with Gasteiger partial charge in [-0.25, -0.2) is 4.90 Å². The van der Waals surface area contributed by atoms with Crippen molar-refractivity contribution in [3.8, 4) is 0 Å². The molecule has 28 heavy (non-hydrogen) atoms. The van der Waals surface area contributed by atoms with Crippen LogP contribution in [0, 0.1) is 0 Å². The molecule has 4 rings (SSSR count). The molecule has 3 saturated heterocycles. The molecule has 0 bridgehead atoms. The Labute approximate surface area is 165 Å². The van der Waals surface area contributed by atoms with E-state index in [1.165, 1.54) is 4.90 Å². The van der Waals surface area contributed by atoms with Gasteiger partial charge in [0, 0.05) is 45.3 Å². The molecule has 1 aromatic rings. The second-order valence-electron chi connectivity index (χ2n) is 8.18. The fourth-order valence-electron chi connectivity index (χ4n) is 4.65. The van der Waals surface area contributed by atoms with Crippen LogP contribution in [0.25, 0.3) is 0 Å². The van der Waals surface area contributed by atoms with E-state index in [1.807, 2.05) is 48.2 Å². The van der Waals surface area contributed by atoms with Crippen LogP contribution >= 0.6 is 0 Å². The van der Waals surface area contributed by atoms with Crippen LogP contribution in [0.4, 0.5) is 11.4 Å². The van der Waals surface area contributed by atoms with E-state index in [2.05, 4.69) is 4.90 Å². The van der Waals surface area contributed by atoms with Crippen LogP contribution in [0.5, 0.6) is 0 Å². The van der Waals surface area contributed by atoms with Gasteiger partial charge in [-0.05, 0) is 50.1 Å². The highest BCUT2D eigenvalue weighted by atomic mass is 16.2. The van der Waals surface area contributed by atoms with Crippen molar-refractivity contribution in [2.24, 2.45) is 0 Å². The highest BCUT2D eigenvalue weighted by Crippen LogP contribution is 2.30. The molecular weight excluding hydrogens is 356 g/mol. The highest BCUT2D eigenvalue weighted by molar-refractivity contribution is 6.22. The summed E-state index contributed by atoms with van der Waals surface area (Å²) in [5.41, 5.74) is 1.65. The first kappa shape index (κ1) is 18.9. The Morgan fingerprint density at radius 3 is 2.36 bits per heavy atom. The van der Waals surface area contributed by atoms with Gasteiger partial charge in [0.15, 0.2) is 0 Å². The second-order valence-corrected chi connectivity index (χ2v) is 8.18. The minimum atomic E-state index is -0.415. The lowest BCUT2D eigenvalue weighted by atomic mass is 10.0. The Kier molecular flexibility index (Phi) is 5.10. The van der Waals surface area contributed by atoms with Gasteiger partial charge in [0.05, 0.1) is 18.2 Å². The zero-order valence-electron chi connectivity index (χ0n) is 16.6. The molecule has 0 saturated carbocycles. The van der Waals surface area contributed by atoms with Gasteiger partial charge in [-0.1, -0.05) is 0 Å². The number of piperidine rings is 1. The van der Waals surface area contributed by atoms with Crippen LogP contribution in [0.1, 0.15) is 32.1 Å². The molecule has 3 fully saturated rings. The van der Waals surface area contributed by atoms with Crippen molar-refractivity contribution >= 4 is 29.1 Å². The molecule has 1 aromatic carbocycles. The molecule has 0 aromatic heterocycles. The topological polar surface area (TPSA) is 64.2 Å². The zero-order valence-corrected chi connectivity index (χ0v) is 16.6. The normalized spacial score (nSPS) is 26.4. The quantitative estimate of drug-likeness (QED) is 0.736. The van der Waals surface area contributed by atoms with Crippen molar-refractivity contribution in [1.29, 1.82) is 0 Å². The number of likely N-dealkylation sites (tertiary alicyclic amines) is 2. The Hall–Kier alpha value is -2.41. The first-order valence-corrected chi connectivity index (χ1v) is 10.1. The Morgan fingerprint density at radius 2 is 1.71 bits per heavy atom.